The molecule has 0 saturated carbocycles. The van der Waals surface area contributed by atoms with Crippen LogP contribution in [0.25, 0.3) is 0 Å². The van der Waals surface area contributed by atoms with Gasteiger partial charge < -0.3 is 36.7 Å². The van der Waals surface area contributed by atoms with Gasteiger partial charge in [-0.25, -0.2) is 0 Å². The summed E-state index contributed by atoms with van der Waals surface area (Å²) in [5.41, 5.74) is 3.34. The molecular weight excluding hydrogens is 348 g/mol. The minimum absolute atomic E-state index is 0.0507. The van der Waals surface area contributed by atoms with Crippen molar-refractivity contribution in [2.75, 3.05) is 6.54 Å². The molecule has 11 heteroatoms. The number of carboxylic acid groups (broad SMARTS) is 2. The van der Waals surface area contributed by atoms with Crippen LogP contribution in [0.3, 0.4) is 0 Å². The third kappa shape index (κ3) is 9.57. The average Bonchev–Trinajstić information content (AvgIpc) is 2.56. The highest BCUT2D eigenvalue weighted by atomic mass is 16.4. The number of rotatable bonds is 12. The van der Waals surface area contributed by atoms with Crippen molar-refractivity contribution in [2.45, 2.75) is 57.7 Å². The van der Waals surface area contributed by atoms with Crippen LogP contribution in [0.15, 0.2) is 0 Å². The van der Waals surface area contributed by atoms with E-state index in [4.69, 9.17) is 5.11 Å². The molecule has 0 heterocycles. The SMILES string of the molecule is CC(NC(=O)C(C)NC(=O)CCCCC(NC(=O)C[NH3+])C(=O)[O-])C(=O)O. The minimum atomic E-state index is -1.41. The second kappa shape index (κ2) is 11.8. The number of amides is 3. The summed E-state index contributed by atoms with van der Waals surface area (Å²) < 4.78 is 0. The number of nitrogens with one attached hydrogen (secondary N) is 3. The van der Waals surface area contributed by atoms with Crippen molar-refractivity contribution in [1.82, 2.24) is 16.0 Å². The van der Waals surface area contributed by atoms with E-state index in [2.05, 4.69) is 21.7 Å². The number of quaternary nitrogens is 1. The van der Waals surface area contributed by atoms with E-state index in [1.165, 1.54) is 13.8 Å². The molecule has 0 bridgehead atoms. The first kappa shape index (κ1) is 23.3. The maximum absolute atomic E-state index is 11.8. The van der Waals surface area contributed by atoms with Gasteiger partial charge >= 0.3 is 5.97 Å². The maximum atomic E-state index is 11.8. The Morgan fingerprint density at radius 2 is 1.58 bits per heavy atom. The fraction of sp³-hybridized carbons (Fsp3) is 0.667. The molecule has 0 aliphatic heterocycles. The molecule has 0 aromatic heterocycles. The number of carboxylic acids is 2. The largest absolute Gasteiger partial charge is 0.548 e. The van der Waals surface area contributed by atoms with Gasteiger partial charge in [0, 0.05) is 6.42 Å². The van der Waals surface area contributed by atoms with Crippen molar-refractivity contribution in [3.63, 3.8) is 0 Å². The van der Waals surface area contributed by atoms with E-state index >= 15 is 0 Å². The second-order valence-electron chi connectivity index (χ2n) is 5.79. The number of unbranched alkanes of at least 4 members (excludes halogenated alkanes) is 1. The number of hydrogen-bond donors (Lipinski definition) is 5. The van der Waals surface area contributed by atoms with E-state index in [-0.39, 0.29) is 19.4 Å². The number of carbonyl (C=O) groups excluding carboxylic acids is 4. The van der Waals surface area contributed by atoms with Crippen molar-refractivity contribution >= 4 is 29.7 Å². The fourth-order valence-electron chi connectivity index (χ4n) is 1.93. The van der Waals surface area contributed by atoms with Crippen LogP contribution in [-0.4, -0.2) is 59.4 Å². The lowest BCUT2D eigenvalue weighted by atomic mass is 10.1. The maximum Gasteiger partial charge on any atom is 0.325 e. The standard InChI is InChI=1S/C15H26N4O7/c1-8(13(22)18-9(2)14(23)24)17-11(20)6-4-3-5-10(15(25)26)19-12(21)7-16/h8-10H,3-7,16H2,1-2H3,(H,17,20)(H,18,22)(H,19,21)(H,23,24)(H,25,26). The monoisotopic (exact) mass is 374 g/mol. The van der Waals surface area contributed by atoms with Crippen LogP contribution < -0.4 is 26.8 Å². The van der Waals surface area contributed by atoms with Gasteiger partial charge in [-0.1, -0.05) is 6.42 Å². The Balaban J connectivity index is 4.17. The van der Waals surface area contributed by atoms with Gasteiger partial charge in [0.25, 0.3) is 5.91 Å². The highest BCUT2D eigenvalue weighted by Gasteiger charge is 2.20. The molecule has 3 atom stereocenters. The van der Waals surface area contributed by atoms with E-state index < -0.39 is 47.8 Å². The molecule has 3 unspecified atom stereocenters. The second-order valence-corrected chi connectivity index (χ2v) is 5.79. The van der Waals surface area contributed by atoms with Gasteiger partial charge in [0.2, 0.25) is 11.8 Å². The molecule has 0 fully saturated rings. The quantitative estimate of drug-likeness (QED) is 0.215. The molecule has 11 nitrogen and oxygen atoms in total. The van der Waals surface area contributed by atoms with Crippen molar-refractivity contribution < 1.29 is 39.9 Å². The van der Waals surface area contributed by atoms with Gasteiger partial charge in [0.1, 0.15) is 12.1 Å². The molecule has 0 aliphatic rings. The van der Waals surface area contributed by atoms with Crippen LogP contribution in [-0.2, 0) is 24.0 Å². The van der Waals surface area contributed by atoms with E-state index in [0.717, 1.165) is 0 Å². The number of hydrogen-bond acceptors (Lipinski definition) is 6. The van der Waals surface area contributed by atoms with Crippen LogP contribution in [0.1, 0.15) is 39.5 Å². The molecule has 3 amide bonds. The van der Waals surface area contributed by atoms with Gasteiger partial charge in [0.05, 0.1) is 12.0 Å². The molecule has 26 heavy (non-hydrogen) atoms. The summed E-state index contributed by atoms with van der Waals surface area (Å²) in [7, 11) is 0. The molecule has 0 radical (unpaired) electrons. The lowest BCUT2D eigenvalue weighted by molar-refractivity contribution is -0.355. The van der Waals surface area contributed by atoms with E-state index in [0.29, 0.717) is 12.8 Å². The lowest BCUT2D eigenvalue weighted by Crippen LogP contribution is -2.60. The molecule has 0 aliphatic carbocycles. The highest BCUT2D eigenvalue weighted by molar-refractivity contribution is 5.89. The molecule has 148 valence electrons. The molecule has 0 aromatic carbocycles. The zero-order valence-corrected chi connectivity index (χ0v) is 14.9. The van der Waals surface area contributed by atoms with Crippen LogP contribution in [0.2, 0.25) is 0 Å². The first-order valence-corrected chi connectivity index (χ1v) is 8.20. The fourth-order valence-corrected chi connectivity index (χ4v) is 1.93. The Labute approximate surface area is 150 Å². The first-order chi connectivity index (χ1) is 12.1. The van der Waals surface area contributed by atoms with Crippen LogP contribution >= 0.6 is 0 Å². The molecule has 0 aromatic rings. The smallest absolute Gasteiger partial charge is 0.325 e. The van der Waals surface area contributed by atoms with Crippen molar-refractivity contribution in [3.05, 3.63) is 0 Å². The molecule has 0 saturated heterocycles. The van der Waals surface area contributed by atoms with E-state index in [9.17, 15) is 29.1 Å². The van der Waals surface area contributed by atoms with Gasteiger partial charge in [-0.2, -0.15) is 0 Å². The third-order valence-corrected chi connectivity index (χ3v) is 3.49. The minimum Gasteiger partial charge on any atom is -0.548 e. The number of carbonyl (C=O) groups is 5. The Bertz CT molecular complexity index is 538. The lowest BCUT2D eigenvalue weighted by Gasteiger charge is -2.19. The average molecular weight is 374 g/mol. The van der Waals surface area contributed by atoms with Gasteiger partial charge in [0.15, 0.2) is 6.54 Å². The third-order valence-electron chi connectivity index (χ3n) is 3.49. The van der Waals surface area contributed by atoms with E-state index in [1.54, 1.807) is 0 Å². The van der Waals surface area contributed by atoms with Gasteiger partial charge in [-0.15, -0.1) is 0 Å². The predicted molar refractivity (Wildman–Crippen MR) is 86.0 cm³/mol. The Hall–Kier alpha value is -2.69. The Morgan fingerprint density at radius 1 is 0.962 bits per heavy atom. The topological polar surface area (TPSA) is 192 Å². The summed E-state index contributed by atoms with van der Waals surface area (Å²) in [5, 5.41) is 26.6. The van der Waals surface area contributed by atoms with Crippen LogP contribution in [0, 0.1) is 0 Å². The summed E-state index contributed by atoms with van der Waals surface area (Å²) >= 11 is 0. The summed E-state index contributed by atoms with van der Waals surface area (Å²) in [4.78, 5) is 56.2. The Kier molecular flexibility index (Phi) is 10.6. The zero-order valence-electron chi connectivity index (χ0n) is 14.9. The van der Waals surface area contributed by atoms with Gasteiger partial charge in [-0.05, 0) is 26.7 Å². The molecule has 0 spiro atoms. The normalized spacial score (nSPS) is 13.8. The van der Waals surface area contributed by atoms with Crippen LogP contribution in [0.4, 0.5) is 0 Å². The van der Waals surface area contributed by atoms with Gasteiger partial charge in [-0.3, -0.25) is 19.2 Å². The van der Waals surface area contributed by atoms with Crippen molar-refractivity contribution in [1.29, 1.82) is 0 Å². The Morgan fingerprint density at radius 3 is 2.08 bits per heavy atom. The molecule has 0 rings (SSSR count). The summed E-state index contributed by atoms with van der Waals surface area (Å²) in [6.45, 7) is 2.63. The van der Waals surface area contributed by atoms with Crippen LogP contribution in [0.5, 0.6) is 0 Å². The molecule has 7 N–H and O–H groups in total. The summed E-state index contributed by atoms with van der Waals surface area (Å²) in [6.07, 6.45) is 0.846. The van der Waals surface area contributed by atoms with E-state index in [1.807, 2.05) is 0 Å². The summed E-state index contributed by atoms with van der Waals surface area (Å²) in [6, 6.07) is -3.12. The predicted octanol–water partition coefficient (Wildman–Crippen LogP) is -3.88. The number of aliphatic carboxylic acids is 2. The molecular formula is C15H26N4O7. The van der Waals surface area contributed by atoms with Crippen molar-refractivity contribution in [2.24, 2.45) is 0 Å². The first-order valence-electron chi connectivity index (χ1n) is 8.20. The zero-order chi connectivity index (χ0) is 20.3. The summed E-state index contributed by atoms with van der Waals surface area (Å²) in [5.74, 6) is -4.16. The highest BCUT2D eigenvalue weighted by Crippen LogP contribution is 2.04. The van der Waals surface area contributed by atoms with Crippen molar-refractivity contribution in [3.8, 4) is 0 Å².